The molecule has 0 radical (unpaired) electrons. The summed E-state index contributed by atoms with van der Waals surface area (Å²) < 4.78 is 0. The zero-order chi connectivity index (χ0) is 10.8. The minimum absolute atomic E-state index is 0.110. The van der Waals surface area contributed by atoms with E-state index in [0.29, 0.717) is 6.54 Å². The van der Waals surface area contributed by atoms with Crippen molar-refractivity contribution < 1.29 is 9.90 Å². The molecule has 1 N–H and O–H groups in total. The molecule has 1 aliphatic heterocycles. The van der Waals surface area contributed by atoms with Crippen molar-refractivity contribution in [3.05, 3.63) is 29.3 Å². The molecule has 0 aliphatic carbocycles. The molecule has 1 aromatic carbocycles. The highest BCUT2D eigenvalue weighted by Crippen LogP contribution is 2.28. The minimum atomic E-state index is 0.110. The minimum Gasteiger partial charge on any atom is -0.395 e. The number of Topliss-reactive ketones (excluding diaryl/α,β-unsaturated/α-hetero) is 1. The Morgan fingerprint density at radius 1 is 1.53 bits per heavy atom. The number of aliphatic hydroxyl groups is 1. The summed E-state index contributed by atoms with van der Waals surface area (Å²) >= 11 is 0. The van der Waals surface area contributed by atoms with Crippen molar-refractivity contribution in [1.82, 2.24) is 0 Å². The van der Waals surface area contributed by atoms with Gasteiger partial charge in [0.2, 0.25) is 0 Å². The van der Waals surface area contributed by atoms with Gasteiger partial charge in [-0.2, -0.15) is 0 Å². The number of hydrogen-bond acceptors (Lipinski definition) is 3. The van der Waals surface area contributed by atoms with Crippen LogP contribution in [0.1, 0.15) is 22.8 Å². The third-order valence-corrected chi connectivity index (χ3v) is 2.85. The van der Waals surface area contributed by atoms with E-state index in [1.54, 1.807) is 6.92 Å². The summed E-state index contributed by atoms with van der Waals surface area (Å²) in [7, 11) is 0. The molecule has 0 amide bonds. The van der Waals surface area contributed by atoms with Crippen molar-refractivity contribution >= 4 is 11.5 Å². The smallest absolute Gasteiger partial charge is 0.159 e. The molecular weight excluding hydrogens is 190 g/mol. The molecule has 0 spiro atoms. The average molecular weight is 205 g/mol. The van der Waals surface area contributed by atoms with E-state index in [0.717, 1.165) is 24.2 Å². The lowest BCUT2D eigenvalue weighted by atomic mass is 10.1. The second kappa shape index (κ2) is 4.03. The van der Waals surface area contributed by atoms with Gasteiger partial charge in [0, 0.05) is 24.3 Å². The van der Waals surface area contributed by atoms with Gasteiger partial charge in [0.25, 0.3) is 0 Å². The Bertz CT molecular complexity index is 387. The third kappa shape index (κ3) is 1.88. The van der Waals surface area contributed by atoms with E-state index < -0.39 is 0 Å². The van der Waals surface area contributed by atoms with Crippen molar-refractivity contribution in [3.8, 4) is 0 Å². The van der Waals surface area contributed by atoms with Gasteiger partial charge in [-0.3, -0.25) is 4.79 Å². The quantitative estimate of drug-likeness (QED) is 0.755. The van der Waals surface area contributed by atoms with Crippen LogP contribution in [-0.2, 0) is 6.42 Å². The number of rotatable bonds is 3. The van der Waals surface area contributed by atoms with E-state index in [1.165, 1.54) is 5.56 Å². The maximum Gasteiger partial charge on any atom is 0.159 e. The Morgan fingerprint density at radius 3 is 3.00 bits per heavy atom. The molecule has 0 saturated heterocycles. The van der Waals surface area contributed by atoms with Crippen LogP contribution in [-0.4, -0.2) is 30.6 Å². The molecule has 0 fully saturated rings. The fourth-order valence-corrected chi connectivity index (χ4v) is 2.04. The Hall–Kier alpha value is -1.35. The number of ketones is 1. The maximum atomic E-state index is 11.2. The topological polar surface area (TPSA) is 40.5 Å². The van der Waals surface area contributed by atoms with Crippen LogP contribution in [0.15, 0.2) is 18.2 Å². The summed E-state index contributed by atoms with van der Waals surface area (Å²) in [5.41, 5.74) is 3.16. The predicted octanol–water partition coefficient (Wildman–Crippen LogP) is 1.24. The number of carbonyl (C=O) groups excluding carboxylic acids is 1. The Balaban J connectivity index is 2.29. The summed E-state index contributed by atoms with van der Waals surface area (Å²) in [6, 6.07) is 5.81. The summed E-state index contributed by atoms with van der Waals surface area (Å²) in [6.07, 6.45) is 0.969. The SMILES string of the molecule is CC(=O)c1ccc2c(c1)CCN2CCO. The first-order valence-electron chi connectivity index (χ1n) is 5.22. The number of β-amino-alcohol motifs (C(OH)–C–C–N with tert-alkyl or cyclic N) is 1. The molecule has 0 aromatic heterocycles. The van der Waals surface area contributed by atoms with Crippen LogP contribution in [0.25, 0.3) is 0 Å². The van der Waals surface area contributed by atoms with Gasteiger partial charge in [-0.15, -0.1) is 0 Å². The summed E-state index contributed by atoms with van der Waals surface area (Å²) in [4.78, 5) is 13.4. The highest BCUT2D eigenvalue weighted by atomic mass is 16.3. The van der Waals surface area contributed by atoms with Crippen LogP contribution >= 0.6 is 0 Å². The third-order valence-electron chi connectivity index (χ3n) is 2.85. The van der Waals surface area contributed by atoms with Gasteiger partial charge < -0.3 is 10.0 Å². The number of carbonyl (C=O) groups is 1. The lowest BCUT2D eigenvalue weighted by molar-refractivity contribution is 0.101. The predicted molar refractivity (Wildman–Crippen MR) is 59.4 cm³/mol. The van der Waals surface area contributed by atoms with Crippen LogP contribution < -0.4 is 4.90 Å². The molecule has 3 nitrogen and oxygen atoms in total. The Labute approximate surface area is 89.3 Å². The van der Waals surface area contributed by atoms with E-state index >= 15 is 0 Å². The van der Waals surface area contributed by atoms with Gasteiger partial charge in [-0.25, -0.2) is 0 Å². The second-order valence-corrected chi connectivity index (χ2v) is 3.86. The van der Waals surface area contributed by atoms with Crippen molar-refractivity contribution in [2.24, 2.45) is 0 Å². The van der Waals surface area contributed by atoms with Gasteiger partial charge in [0.1, 0.15) is 0 Å². The molecule has 3 heteroatoms. The van der Waals surface area contributed by atoms with E-state index in [9.17, 15) is 4.79 Å². The van der Waals surface area contributed by atoms with Crippen LogP contribution in [0.2, 0.25) is 0 Å². The second-order valence-electron chi connectivity index (χ2n) is 3.86. The van der Waals surface area contributed by atoms with Gasteiger partial charge in [-0.05, 0) is 37.1 Å². The fourth-order valence-electron chi connectivity index (χ4n) is 2.04. The zero-order valence-electron chi connectivity index (χ0n) is 8.86. The first-order chi connectivity index (χ1) is 7.22. The van der Waals surface area contributed by atoms with Gasteiger partial charge >= 0.3 is 0 Å². The normalized spacial score (nSPS) is 14.1. The number of hydrogen-bond donors (Lipinski definition) is 1. The molecule has 1 aromatic rings. The van der Waals surface area contributed by atoms with E-state index in [4.69, 9.17) is 5.11 Å². The van der Waals surface area contributed by atoms with Crippen LogP contribution in [0.5, 0.6) is 0 Å². The highest BCUT2D eigenvalue weighted by molar-refractivity contribution is 5.94. The summed E-state index contributed by atoms with van der Waals surface area (Å²) in [5.74, 6) is 0.110. The molecule has 0 unspecified atom stereocenters. The average Bonchev–Trinajstić information content (AvgIpc) is 2.61. The molecule has 80 valence electrons. The molecule has 1 heterocycles. The van der Waals surface area contributed by atoms with Crippen molar-refractivity contribution in [1.29, 1.82) is 0 Å². The van der Waals surface area contributed by atoms with E-state index in [-0.39, 0.29) is 12.4 Å². The molecule has 1 aliphatic rings. The lowest BCUT2D eigenvalue weighted by Crippen LogP contribution is -2.23. The number of benzene rings is 1. The summed E-state index contributed by atoms with van der Waals surface area (Å²) in [6.45, 7) is 3.37. The number of aliphatic hydroxyl groups excluding tert-OH is 1. The van der Waals surface area contributed by atoms with Crippen molar-refractivity contribution in [2.75, 3.05) is 24.6 Å². The first kappa shape index (κ1) is 10.2. The zero-order valence-corrected chi connectivity index (χ0v) is 8.86. The molecular formula is C12H15NO2. The maximum absolute atomic E-state index is 11.2. The number of nitrogens with zero attached hydrogens (tertiary/aromatic N) is 1. The number of fused-ring (bicyclic) bond motifs is 1. The standard InChI is InChI=1S/C12H15NO2/c1-9(15)10-2-3-12-11(8-10)4-5-13(12)6-7-14/h2-3,8,14H,4-7H2,1H3. The van der Waals surface area contributed by atoms with Gasteiger partial charge in [-0.1, -0.05) is 0 Å². The van der Waals surface area contributed by atoms with Crippen molar-refractivity contribution in [2.45, 2.75) is 13.3 Å². The van der Waals surface area contributed by atoms with E-state index in [2.05, 4.69) is 4.90 Å². The summed E-state index contributed by atoms with van der Waals surface area (Å²) in [5, 5.41) is 8.90. The first-order valence-corrected chi connectivity index (χ1v) is 5.22. The van der Waals surface area contributed by atoms with Crippen LogP contribution in [0.4, 0.5) is 5.69 Å². The van der Waals surface area contributed by atoms with Crippen molar-refractivity contribution in [3.63, 3.8) is 0 Å². The molecule has 0 saturated carbocycles. The molecule has 0 atom stereocenters. The number of anilines is 1. The largest absolute Gasteiger partial charge is 0.395 e. The highest BCUT2D eigenvalue weighted by Gasteiger charge is 2.18. The molecule has 0 bridgehead atoms. The van der Waals surface area contributed by atoms with Gasteiger partial charge in [0.05, 0.1) is 6.61 Å². The Morgan fingerprint density at radius 2 is 2.33 bits per heavy atom. The Kier molecular flexibility index (Phi) is 2.73. The van der Waals surface area contributed by atoms with E-state index in [1.807, 2.05) is 18.2 Å². The molecule has 2 rings (SSSR count). The molecule has 15 heavy (non-hydrogen) atoms. The lowest BCUT2D eigenvalue weighted by Gasteiger charge is -2.17. The van der Waals surface area contributed by atoms with Gasteiger partial charge in [0.15, 0.2) is 5.78 Å². The van der Waals surface area contributed by atoms with Crippen LogP contribution in [0, 0.1) is 0 Å². The monoisotopic (exact) mass is 205 g/mol. The fraction of sp³-hybridized carbons (Fsp3) is 0.417. The van der Waals surface area contributed by atoms with Crippen LogP contribution in [0.3, 0.4) is 0 Å².